The van der Waals surface area contributed by atoms with Gasteiger partial charge in [0.1, 0.15) is 23.0 Å². The van der Waals surface area contributed by atoms with Gasteiger partial charge in [-0.3, -0.25) is 14.3 Å². The van der Waals surface area contributed by atoms with Gasteiger partial charge in [0.2, 0.25) is 15.7 Å². The first-order chi connectivity index (χ1) is 19.7. The van der Waals surface area contributed by atoms with E-state index in [0.29, 0.717) is 0 Å². The van der Waals surface area contributed by atoms with Gasteiger partial charge in [0, 0.05) is 23.0 Å². The van der Waals surface area contributed by atoms with Gasteiger partial charge >= 0.3 is 0 Å². The first-order valence-electron chi connectivity index (χ1n) is 12.3. The maximum atomic E-state index is 14.1. The van der Waals surface area contributed by atoms with E-state index in [4.69, 9.17) is 9.47 Å². The zero-order chi connectivity index (χ0) is 29.3. The number of ether oxygens (including phenoxy) is 2. The SMILES string of the molecule is COc1cccc(OC)c1-n1c(-c2ccc(F)cc2)nc(O)c(S(=O)(=O)c2ccc(-c3cccnc3C)cc2)c1=O. The number of pyridine rings is 1. The van der Waals surface area contributed by atoms with Gasteiger partial charge in [-0.15, -0.1) is 0 Å². The van der Waals surface area contributed by atoms with Crippen molar-refractivity contribution in [1.82, 2.24) is 14.5 Å². The third kappa shape index (κ3) is 4.91. The summed E-state index contributed by atoms with van der Waals surface area (Å²) < 4.78 is 53.3. The molecule has 5 aromatic rings. The van der Waals surface area contributed by atoms with Crippen molar-refractivity contribution >= 4 is 9.84 Å². The highest BCUT2D eigenvalue weighted by atomic mass is 32.2. The predicted molar refractivity (Wildman–Crippen MR) is 150 cm³/mol. The summed E-state index contributed by atoms with van der Waals surface area (Å²) in [6, 6.07) is 19.2. The average Bonchev–Trinajstić information content (AvgIpc) is 2.97. The van der Waals surface area contributed by atoms with Crippen LogP contribution in [-0.4, -0.2) is 42.3 Å². The van der Waals surface area contributed by atoms with E-state index in [-0.39, 0.29) is 33.5 Å². The van der Waals surface area contributed by atoms with Gasteiger partial charge in [-0.05, 0) is 67.1 Å². The van der Waals surface area contributed by atoms with E-state index in [0.717, 1.165) is 33.5 Å². The maximum Gasteiger partial charge on any atom is 0.281 e. The summed E-state index contributed by atoms with van der Waals surface area (Å²) >= 11 is 0. The monoisotopic (exact) mass is 573 g/mol. The van der Waals surface area contributed by atoms with E-state index in [1.54, 1.807) is 42.6 Å². The number of nitrogens with zero attached hydrogens (tertiary/aromatic N) is 3. The lowest BCUT2D eigenvalue weighted by atomic mass is 10.1. The lowest BCUT2D eigenvalue weighted by molar-refractivity contribution is 0.388. The molecule has 0 bridgehead atoms. The molecule has 0 saturated heterocycles. The summed E-state index contributed by atoms with van der Waals surface area (Å²) in [4.78, 5) is 21.3. The summed E-state index contributed by atoms with van der Waals surface area (Å²) in [6.07, 6.45) is 1.66. The molecule has 9 nitrogen and oxygen atoms in total. The van der Waals surface area contributed by atoms with Crippen LogP contribution < -0.4 is 15.0 Å². The Morgan fingerprint density at radius 3 is 2.05 bits per heavy atom. The lowest BCUT2D eigenvalue weighted by Gasteiger charge is -2.19. The smallest absolute Gasteiger partial charge is 0.281 e. The molecule has 2 heterocycles. The summed E-state index contributed by atoms with van der Waals surface area (Å²) in [5, 5.41) is 10.9. The van der Waals surface area contributed by atoms with Crippen LogP contribution in [-0.2, 0) is 9.84 Å². The first-order valence-corrected chi connectivity index (χ1v) is 13.8. The van der Waals surface area contributed by atoms with Gasteiger partial charge in [-0.2, -0.15) is 4.98 Å². The second-order valence-electron chi connectivity index (χ2n) is 8.91. The van der Waals surface area contributed by atoms with Crippen LogP contribution in [0.1, 0.15) is 5.69 Å². The van der Waals surface area contributed by atoms with Crippen molar-refractivity contribution in [2.45, 2.75) is 16.7 Å². The minimum absolute atomic E-state index is 0.0492. The topological polar surface area (TPSA) is 121 Å². The Kier molecular flexibility index (Phi) is 7.29. The maximum absolute atomic E-state index is 14.1. The van der Waals surface area contributed by atoms with E-state index < -0.39 is 32.0 Å². The van der Waals surface area contributed by atoms with Gasteiger partial charge < -0.3 is 14.6 Å². The van der Waals surface area contributed by atoms with Crippen molar-refractivity contribution in [3.8, 4) is 45.6 Å². The van der Waals surface area contributed by atoms with E-state index in [1.807, 2.05) is 13.0 Å². The number of aryl methyl sites for hydroxylation is 1. The van der Waals surface area contributed by atoms with Crippen LogP contribution in [0, 0.1) is 12.7 Å². The molecule has 0 unspecified atom stereocenters. The second-order valence-corrected chi connectivity index (χ2v) is 10.8. The summed E-state index contributed by atoms with van der Waals surface area (Å²) in [7, 11) is -1.84. The van der Waals surface area contributed by atoms with Crippen LogP contribution >= 0.6 is 0 Å². The molecule has 11 heteroatoms. The number of para-hydroxylation sites is 1. The van der Waals surface area contributed by atoms with Crippen LogP contribution in [0.15, 0.2) is 99.6 Å². The molecule has 208 valence electrons. The number of aromatic nitrogens is 3. The highest BCUT2D eigenvalue weighted by Gasteiger charge is 2.32. The Balaban J connectivity index is 1.77. The van der Waals surface area contributed by atoms with E-state index in [2.05, 4.69) is 9.97 Å². The van der Waals surface area contributed by atoms with Gasteiger partial charge in [-0.1, -0.05) is 24.3 Å². The van der Waals surface area contributed by atoms with Crippen LogP contribution in [0.4, 0.5) is 4.39 Å². The summed E-state index contributed by atoms with van der Waals surface area (Å²) in [5.41, 5.74) is 1.47. The molecule has 0 amide bonds. The molecule has 0 saturated carbocycles. The van der Waals surface area contributed by atoms with Gasteiger partial charge in [0.15, 0.2) is 10.7 Å². The normalized spacial score (nSPS) is 11.3. The second kappa shape index (κ2) is 10.9. The number of rotatable bonds is 7. The van der Waals surface area contributed by atoms with Gasteiger partial charge in [-0.25, -0.2) is 12.8 Å². The molecule has 0 aliphatic rings. The molecular weight excluding hydrogens is 549 g/mol. The quantitative estimate of drug-likeness (QED) is 0.290. The number of aromatic hydroxyl groups is 1. The Morgan fingerprint density at radius 2 is 1.46 bits per heavy atom. The minimum Gasteiger partial charge on any atom is -0.494 e. The van der Waals surface area contributed by atoms with Crippen molar-refractivity contribution < 1.29 is 27.4 Å². The fourth-order valence-electron chi connectivity index (χ4n) is 4.50. The van der Waals surface area contributed by atoms with E-state index in [1.165, 1.54) is 38.5 Å². The van der Waals surface area contributed by atoms with E-state index >= 15 is 0 Å². The Bertz CT molecular complexity index is 1900. The van der Waals surface area contributed by atoms with Crippen LogP contribution in [0.5, 0.6) is 17.4 Å². The number of hydrogen-bond donors (Lipinski definition) is 1. The molecule has 2 aromatic heterocycles. The highest BCUT2D eigenvalue weighted by Crippen LogP contribution is 2.36. The summed E-state index contributed by atoms with van der Waals surface area (Å²) in [6.45, 7) is 1.83. The van der Waals surface area contributed by atoms with Crippen molar-refractivity contribution in [2.24, 2.45) is 0 Å². The molecule has 0 fully saturated rings. The van der Waals surface area contributed by atoms with E-state index in [9.17, 15) is 22.7 Å². The highest BCUT2D eigenvalue weighted by molar-refractivity contribution is 7.91. The Labute approximate surface area is 235 Å². The third-order valence-corrected chi connectivity index (χ3v) is 8.29. The largest absolute Gasteiger partial charge is 0.494 e. The average molecular weight is 574 g/mol. The van der Waals surface area contributed by atoms with Gasteiger partial charge in [0.05, 0.1) is 19.1 Å². The summed E-state index contributed by atoms with van der Waals surface area (Å²) in [5.74, 6) is -1.36. The number of hydrogen-bond acceptors (Lipinski definition) is 8. The minimum atomic E-state index is -4.59. The fourth-order valence-corrected chi connectivity index (χ4v) is 5.84. The lowest BCUT2D eigenvalue weighted by Crippen LogP contribution is -2.28. The predicted octanol–water partition coefficient (Wildman–Crippen LogP) is 4.96. The molecule has 1 N–H and O–H groups in total. The molecule has 0 radical (unpaired) electrons. The molecular formula is C30H24FN3O6S. The van der Waals surface area contributed by atoms with Crippen molar-refractivity contribution in [2.75, 3.05) is 14.2 Å². The van der Waals surface area contributed by atoms with Crippen molar-refractivity contribution in [3.05, 3.63) is 107 Å². The van der Waals surface area contributed by atoms with Crippen LogP contribution in [0.3, 0.4) is 0 Å². The number of sulfone groups is 1. The Morgan fingerprint density at radius 1 is 0.854 bits per heavy atom. The molecule has 5 rings (SSSR count). The molecule has 41 heavy (non-hydrogen) atoms. The number of methoxy groups -OCH3 is 2. The van der Waals surface area contributed by atoms with Crippen molar-refractivity contribution in [3.63, 3.8) is 0 Å². The third-order valence-electron chi connectivity index (χ3n) is 6.50. The standard InChI is InChI=1S/C30H24FN3O6S/c1-18-23(6-5-17-32-18)19-11-15-22(16-12-19)41(37,38)27-29(35)33-28(20-9-13-21(31)14-10-20)34(30(27)36)26-24(39-2)7-4-8-25(26)40-3/h4-17,35H,1-3H3. The Hall–Kier alpha value is -5.03. The first kappa shape index (κ1) is 27.5. The van der Waals surface area contributed by atoms with Crippen LogP contribution in [0.2, 0.25) is 0 Å². The number of benzene rings is 3. The fraction of sp³-hybridized carbons (Fsp3) is 0.100. The zero-order valence-electron chi connectivity index (χ0n) is 22.2. The molecule has 0 atom stereocenters. The zero-order valence-corrected chi connectivity index (χ0v) is 23.0. The molecule has 0 aliphatic carbocycles. The van der Waals surface area contributed by atoms with Gasteiger partial charge in [0.25, 0.3) is 5.56 Å². The molecule has 3 aromatic carbocycles. The van der Waals surface area contributed by atoms with Crippen LogP contribution in [0.25, 0.3) is 28.2 Å². The molecule has 0 aliphatic heterocycles. The molecule has 0 spiro atoms. The number of halogens is 1. The van der Waals surface area contributed by atoms with Crippen molar-refractivity contribution in [1.29, 1.82) is 0 Å².